The highest BCUT2D eigenvalue weighted by atomic mass is 16.2. The molecule has 1 aliphatic rings. The third kappa shape index (κ3) is 2.33. The molecule has 0 unspecified atom stereocenters. The molecule has 0 aliphatic carbocycles. The molecular weight excluding hydrogens is 202 g/mol. The normalized spacial score (nSPS) is 15.2. The molecule has 1 aromatic rings. The van der Waals surface area contributed by atoms with E-state index < -0.39 is 0 Å². The van der Waals surface area contributed by atoms with Crippen molar-refractivity contribution in [2.75, 3.05) is 18.0 Å². The predicted octanol–water partition coefficient (Wildman–Crippen LogP) is 0.819. The fourth-order valence-corrected chi connectivity index (χ4v) is 2.15. The number of nitrogens with two attached hydrogens (primary N) is 1. The van der Waals surface area contributed by atoms with Gasteiger partial charge in [0.05, 0.1) is 6.54 Å². The molecule has 1 aromatic carbocycles. The number of hydrogen-bond acceptors (Lipinski definition) is 3. The second kappa shape index (κ2) is 4.99. The molecule has 0 atom stereocenters. The van der Waals surface area contributed by atoms with Gasteiger partial charge in [-0.2, -0.15) is 0 Å². The summed E-state index contributed by atoms with van der Waals surface area (Å²) in [7, 11) is 0. The van der Waals surface area contributed by atoms with E-state index in [1.165, 1.54) is 17.7 Å². The zero-order chi connectivity index (χ0) is 11.4. The Kier molecular flexibility index (Phi) is 3.41. The van der Waals surface area contributed by atoms with Gasteiger partial charge in [0.15, 0.2) is 0 Å². The van der Waals surface area contributed by atoms with Crippen molar-refractivity contribution < 1.29 is 4.79 Å². The van der Waals surface area contributed by atoms with Crippen LogP contribution in [0.25, 0.3) is 0 Å². The summed E-state index contributed by atoms with van der Waals surface area (Å²) < 4.78 is 0. The SMILES string of the molecule is NNC(=O)CN1CCCCc2ccccc21. The second-order valence-corrected chi connectivity index (χ2v) is 4.07. The average Bonchev–Trinajstić information content (AvgIpc) is 2.52. The molecule has 0 radical (unpaired) electrons. The molecule has 0 bridgehead atoms. The lowest BCUT2D eigenvalue weighted by Crippen LogP contribution is -2.40. The van der Waals surface area contributed by atoms with Gasteiger partial charge in [0.1, 0.15) is 0 Å². The standard InChI is InChI=1S/C12H17N3O/c13-14-12(16)9-15-8-4-3-6-10-5-1-2-7-11(10)15/h1-2,5,7H,3-4,6,8-9,13H2,(H,14,16). The number of rotatable bonds is 2. The fourth-order valence-electron chi connectivity index (χ4n) is 2.15. The van der Waals surface area contributed by atoms with E-state index >= 15 is 0 Å². The zero-order valence-corrected chi connectivity index (χ0v) is 9.28. The second-order valence-electron chi connectivity index (χ2n) is 4.07. The molecule has 1 amide bonds. The van der Waals surface area contributed by atoms with Crippen molar-refractivity contribution in [2.45, 2.75) is 19.3 Å². The van der Waals surface area contributed by atoms with Crippen LogP contribution in [0.2, 0.25) is 0 Å². The van der Waals surface area contributed by atoms with Crippen molar-refractivity contribution >= 4 is 11.6 Å². The minimum absolute atomic E-state index is 0.142. The topological polar surface area (TPSA) is 58.4 Å². The van der Waals surface area contributed by atoms with E-state index in [2.05, 4.69) is 22.5 Å². The van der Waals surface area contributed by atoms with Crippen molar-refractivity contribution in [3.8, 4) is 0 Å². The zero-order valence-electron chi connectivity index (χ0n) is 9.28. The Balaban J connectivity index is 2.22. The first kappa shape index (κ1) is 11.0. The molecule has 0 saturated heterocycles. The van der Waals surface area contributed by atoms with Gasteiger partial charge < -0.3 is 4.90 Å². The highest BCUT2D eigenvalue weighted by Gasteiger charge is 2.16. The summed E-state index contributed by atoms with van der Waals surface area (Å²) in [4.78, 5) is 13.4. The fraction of sp³-hybridized carbons (Fsp3) is 0.417. The van der Waals surface area contributed by atoms with Crippen LogP contribution >= 0.6 is 0 Å². The number of hydrazine groups is 1. The number of hydrogen-bond donors (Lipinski definition) is 2. The van der Waals surface area contributed by atoms with Crippen molar-refractivity contribution in [3.63, 3.8) is 0 Å². The Morgan fingerprint density at radius 3 is 3.00 bits per heavy atom. The number of anilines is 1. The van der Waals surface area contributed by atoms with Crippen LogP contribution in [0.1, 0.15) is 18.4 Å². The van der Waals surface area contributed by atoms with Gasteiger partial charge in [0, 0.05) is 12.2 Å². The van der Waals surface area contributed by atoms with E-state index in [4.69, 9.17) is 5.84 Å². The minimum Gasteiger partial charge on any atom is -0.362 e. The summed E-state index contributed by atoms with van der Waals surface area (Å²) >= 11 is 0. The van der Waals surface area contributed by atoms with E-state index in [0.717, 1.165) is 19.4 Å². The van der Waals surface area contributed by atoms with Gasteiger partial charge in [0.2, 0.25) is 0 Å². The molecule has 0 fully saturated rings. The molecule has 1 heterocycles. The lowest BCUT2D eigenvalue weighted by atomic mass is 10.1. The summed E-state index contributed by atoms with van der Waals surface area (Å²) in [6.45, 7) is 1.26. The van der Waals surface area contributed by atoms with Crippen LogP contribution in [0.3, 0.4) is 0 Å². The molecule has 4 nitrogen and oxygen atoms in total. The van der Waals surface area contributed by atoms with Gasteiger partial charge in [-0.3, -0.25) is 10.2 Å². The molecule has 16 heavy (non-hydrogen) atoms. The lowest BCUT2D eigenvalue weighted by Gasteiger charge is -2.23. The Labute approximate surface area is 95.4 Å². The highest BCUT2D eigenvalue weighted by molar-refractivity contribution is 5.81. The Morgan fingerprint density at radius 2 is 2.19 bits per heavy atom. The highest BCUT2D eigenvalue weighted by Crippen LogP contribution is 2.25. The lowest BCUT2D eigenvalue weighted by molar-refractivity contribution is -0.119. The third-order valence-corrected chi connectivity index (χ3v) is 2.95. The van der Waals surface area contributed by atoms with Crippen LogP contribution in [0.5, 0.6) is 0 Å². The van der Waals surface area contributed by atoms with E-state index in [1.807, 2.05) is 12.1 Å². The smallest absolute Gasteiger partial charge is 0.253 e. The maximum absolute atomic E-state index is 11.3. The summed E-state index contributed by atoms with van der Waals surface area (Å²) in [5.74, 6) is 4.98. The Bertz CT molecular complexity index is 378. The minimum atomic E-state index is -0.142. The number of aryl methyl sites for hydroxylation is 1. The third-order valence-electron chi connectivity index (χ3n) is 2.95. The van der Waals surface area contributed by atoms with Gasteiger partial charge in [-0.25, -0.2) is 5.84 Å². The summed E-state index contributed by atoms with van der Waals surface area (Å²) in [5.41, 5.74) is 4.68. The maximum Gasteiger partial charge on any atom is 0.253 e. The van der Waals surface area contributed by atoms with E-state index in [-0.39, 0.29) is 5.91 Å². The number of carbonyl (C=O) groups is 1. The van der Waals surface area contributed by atoms with Crippen molar-refractivity contribution in [3.05, 3.63) is 29.8 Å². The number of nitrogens with zero attached hydrogens (tertiary/aromatic N) is 1. The molecule has 4 heteroatoms. The number of benzene rings is 1. The number of nitrogens with one attached hydrogen (secondary N) is 1. The Hall–Kier alpha value is -1.55. The number of carbonyl (C=O) groups excluding carboxylic acids is 1. The molecule has 3 N–H and O–H groups in total. The number of para-hydroxylation sites is 1. The van der Waals surface area contributed by atoms with Crippen LogP contribution in [-0.2, 0) is 11.2 Å². The van der Waals surface area contributed by atoms with Gasteiger partial charge in [-0.1, -0.05) is 18.2 Å². The molecule has 0 spiro atoms. The first-order chi connectivity index (χ1) is 7.81. The van der Waals surface area contributed by atoms with E-state index in [9.17, 15) is 4.79 Å². The Morgan fingerprint density at radius 1 is 1.38 bits per heavy atom. The van der Waals surface area contributed by atoms with Gasteiger partial charge >= 0.3 is 0 Å². The molecule has 0 aromatic heterocycles. The molecule has 2 rings (SSSR count). The van der Waals surface area contributed by atoms with Crippen molar-refractivity contribution in [1.82, 2.24) is 5.43 Å². The summed E-state index contributed by atoms with van der Waals surface area (Å²) in [6, 6.07) is 8.27. The molecule has 1 aliphatic heterocycles. The predicted molar refractivity (Wildman–Crippen MR) is 63.9 cm³/mol. The van der Waals surface area contributed by atoms with Gasteiger partial charge in [0.25, 0.3) is 5.91 Å². The average molecular weight is 219 g/mol. The van der Waals surface area contributed by atoms with Gasteiger partial charge in [-0.15, -0.1) is 0 Å². The van der Waals surface area contributed by atoms with Gasteiger partial charge in [-0.05, 0) is 30.9 Å². The number of amides is 1. The largest absolute Gasteiger partial charge is 0.362 e. The molecule has 86 valence electrons. The van der Waals surface area contributed by atoms with Crippen LogP contribution < -0.4 is 16.2 Å². The van der Waals surface area contributed by atoms with E-state index in [1.54, 1.807) is 0 Å². The van der Waals surface area contributed by atoms with Crippen molar-refractivity contribution in [2.24, 2.45) is 5.84 Å². The monoisotopic (exact) mass is 219 g/mol. The molecule has 0 saturated carbocycles. The first-order valence-electron chi connectivity index (χ1n) is 5.63. The van der Waals surface area contributed by atoms with Crippen LogP contribution in [0, 0.1) is 0 Å². The van der Waals surface area contributed by atoms with Crippen LogP contribution in [0.15, 0.2) is 24.3 Å². The maximum atomic E-state index is 11.3. The summed E-state index contributed by atoms with van der Waals surface area (Å²) in [6.07, 6.45) is 3.39. The molecular formula is C12H17N3O. The van der Waals surface area contributed by atoms with E-state index in [0.29, 0.717) is 6.54 Å². The van der Waals surface area contributed by atoms with Crippen LogP contribution in [-0.4, -0.2) is 19.0 Å². The summed E-state index contributed by atoms with van der Waals surface area (Å²) in [5, 5.41) is 0. The number of fused-ring (bicyclic) bond motifs is 1. The van der Waals surface area contributed by atoms with Crippen LogP contribution in [0.4, 0.5) is 5.69 Å². The quantitative estimate of drug-likeness (QED) is 0.440. The first-order valence-corrected chi connectivity index (χ1v) is 5.63. The van der Waals surface area contributed by atoms with Crippen molar-refractivity contribution in [1.29, 1.82) is 0 Å².